The van der Waals surface area contributed by atoms with Gasteiger partial charge >= 0.3 is 0 Å². The molecule has 0 radical (unpaired) electrons. The van der Waals surface area contributed by atoms with Gasteiger partial charge in [-0.05, 0) is 43.7 Å². The van der Waals surface area contributed by atoms with Crippen LogP contribution in [0.1, 0.15) is 30.3 Å². The van der Waals surface area contributed by atoms with E-state index in [0.29, 0.717) is 11.7 Å². The van der Waals surface area contributed by atoms with Gasteiger partial charge < -0.3 is 10.6 Å². The van der Waals surface area contributed by atoms with Crippen LogP contribution in [0.15, 0.2) is 36.5 Å². The molecule has 1 fully saturated rings. The second-order valence-corrected chi connectivity index (χ2v) is 4.77. The number of anilines is 2. The van der Waals surface area contributed by atoms with Crippen LogP contribution in [0.4, 0.5) is 11.5 Å². The van der Waals surface area contributed by atoms with Gasteiger partial charge in [0, 0.05) is 6.04 Å². The van der Waals surface area contributed by atoms with Crippen molar-refractivity contribution < 1.29 is 0 Å². The van der Waals surface area contributed by atoms with Gasteiger partial charge in [0.15, 0.2) is 0 Å². The number of nitriles is 1. The molecule has 100 valence electrons. The van der Waals surface area contributed by atoms with E-state index in [9.17, 15) is 0 Å². The number of nitrogens with zero attached hydrogens (tertiary/aromatic N) is 3. The van der Waals surface area contributed by atoms with Crippen molar-refractivity contribution in [1.29, 1.82) is 5.26 Å². The topological polar surface area (TPSA) is 73.6 Å². The van der Waals surface area contributed by atoms with E-state index in [4.69, 9.17) is 5.26 Å². The summed E-state index contributed by atoms with van der Waals surface area (Å²) >= 11 is 0. The summed E-state index contributed by atoms with van der Waals surface area (Å²) in [4.78, 5) is 8.66. The van der Waals surface area contributed by atoms with Crippen molar-refractivity contribution >= 4 is 11.5 Å². The monoisotopic (exact) mass is 265 g/mol. The third-order valence-corrected chi connectivity index (χ3v) is 3.34. The zero-order valence-electron chi connectivity index (χ0n) is 11.0. The van der Waals surface area contributed by atoms with Crippen LogP contribution in [-0.2, 0) is 0 Å². The molecular weight excluding hydrogens is 250 g/mol. The summed E-state index contributed by atoms with van der Waals surface area (Å²) in [7, 11) is 0. The third kappa shape index (κ3) is 2.76. The van der Waals surface area contributed by atoms with Crippen molar-refractivity contribution in [3.05, 3.63) is 47.9 Å². The first-order valence-corrected chi connectivity index (χ1v) is 6.69. The molecule has 0 bridgehead atoms. The van der Waals surface area contributed by atoms with E-state index >= 15 is 0 Å². The fourth-order valence-electron chi connectivity index (χ4n) is 2.33. The molecule has 2 aromatic heterocycles. The molecule has 1 saturated heterocycles. The summed E-state index contributed by atoms with van der Waals surface area (Å²) in [5, 5.41) is 15.4. The number of nitrogens with one attached hydrogen (secondary N) is 2. The lowest BCUT2D eigenvalue weighted by molar-refractivity contribution is 0.629. The van der Waals surface area contributed by atoms with Crippen LogP contribution >= 0.6 is 0 Å². The zero-order valence-corrected chi connectivity index (χ0v) is 11.0. The number of pyridine rings is 2. The predicted octanol–water partition coefficient (Wildman–Crippen LogP) is 2.52. The molecule has 1 aliphatic heterocycles. The molecule has 0 spiro atoms. The highest BCUT2D eigenvalue weighted by Crippen LogP contribution is 2.23. The quantitative estimate of drug-likeness (QED) is 0.892. The molecule has 2 aromatic rings. The molecule has 5 heteroatoms. The van der Waals surface area contributed by atoms with E-state index in [-0.39, 0.29) is 0 Å². The van der Waals surface area contributed by atoms with E-state index in [0.717, 1.165) is 30.2 Å². The molecule has 3 heterocycles. The van der Waals surface area contributed by atoms with Gasteiger partial charge in [0.25, 0.3) is 0 Å². The standard InChI is InChI=1S/C15H15N5/c16-9-11-6-7-12(10-18-11)19-15-5-1-3-14(20-15)13-4-2-8-17-13/h1,3,5-7,10,13,17H,2,4,8H2,(H,19,20). The van der Waals surface area contributed by atoms with Crippen LogP contribution in [-0.4, -0.2) is 16.5 Å². The van der Waals surface area contributed by atoms with Gasteiger partial charge in [-0.25, -0.2) is 9.97 Å². The normalized spacial score (nSPS) is 17.6. The van der Waals surface area contributed by atoms with E-state index in [1.807, 2.05) is 30.3 Å². The van der Waals surface area contributed by atoms with E-state index < -0.39 is 0 Å². The van der Waals surface area contributed by atoms with E-state index in [2.05, 4.69) is 20.6 Å². The average molecular weight is 265 g/mol. The molecule has 0 saturated carbocycles. The summed E-state index contributed by atoms with van der Waals surface area (Å²) in [5.74, 6) is 0.794. The van der Waals surface area contributed by atoms with Crippen LogP contribution in [0.3, 0.4) is 0 Å². The van der Waals surface area contributed by atoms with E-state index in [1.54, 1.807) is 12.3 Å². The summed E-state index contributed by atoms with van der Waals surface area (Å²) in [6.45, 7) is 1.06. The molecule has 1 atom stereocenters. The minimum atomic E-state index is 0.357. The van der Waals surface area contributed by atoms with Crippen LogP contribution in [0.2, 0.25) is 0 Å². The first-order chi connectivity index (χ1) is 9.85. The number of rotatable bonds is 3. The summed E-state index contributed by atoms with van der Waals surface area (Å²) < 4.78 is 0. The lowest BCUT2D eigenvalue weighted by Crippen LogP contribution is -2.14. The highest BCUT2D eigenvalue weighted by Gasteiger charge is 2.17. The molecule has 1 aliphatic rings. The Labute approximate surface area is 117 Å². The fraction of sp³-hybridized carbons (Fsp3) is 0.267. The van der Waals surface area contributed by atoms with Crippen LogP contribution in [0, 0.1) is 11.3 Å². The minimum Gasteiger partial charge on any atom is -0.339 e. The molecule has 0 amide bonds. The van der Waals surface area contributed by atoms with Gasteiger partial charge in [-0.1, -0.05) is 6.07 Å². The zero-order chi connectivity index (χ0) is 13.8. The van der Waals surface area contributed by atoms with Crippen molar-refractivity contribution in [2.24, 2.45) is 0 Å². The summed E-state index contributed by atoms with van der Waals surface area (Å²) in [5.41, 5.74) is 2.30. The van der Waals surface area contributed by atoms with Crippen LogP contribution in [0.25, 0.3) is 0 Å². The Morgan fingerprint density at radius 1 is 1.30 bits per heavy atom. The SMILES string of the molecule is N#Cc1ccc(Nc2cccc(C3CCCN3)n2)cn1. The summed E-state index contributed by atoms with van der Waals surface area (Å²) in [6, 6.07) is 11.8. The molecular formula is C15H15N5. The van der Waals surface area contributed by atoms with Crippen molar-refractivity contribution in [2.45, 2.75) is 18.9 Å². The largest absolute Gasteiger partial charge is 0.339 e. The number of aromatic nitrogens is 2. The van der Waals surface area contributed by atoms with Crippen LogP contribution < -0.4 is 10.6 Å². The maximum atomic E-state index is 8.72. The van der Waals surface area contributed by atoms with Crippen molar-refractivity contribution in [2.75, 3.05) is 11.9 Å². The molecule has 3 rings (SSSR count). The van der Waals surface area contributed by atoms with E-state index in [1.165, 1.54) is 6.42 Å². The Balaban J connectivity index is 1.76. The first kappa shape index (κ1) is 12.6. The second-order valence-electron chi connectivity index (χ2n) is 4.77. The Kier molecular flexibility index (Phi) is 3.57. The molecule has 1 unspecified atom stereocenters. The minimum absolute atomic E-state index is 0.357. The highest BCUT2D eigenvalue weighted by atomic mass is 15.0. The molecule has 2 N–H and O–H groups in total. The molecule has 20 heavy (non-hydrogen) atoms. The molecule has 0 aliphatic carbocycles. The number of hydrogen-bond acceptors (Lipinski definition) is 5. The predicted molar refractivity (Wildman–Crippen MR) is 76.4 cm³/mol. The second kappa shape index (κ2) is 5.68. The smallest absolute Gasteiger partial charge is 0.140 e. The van der Waals surface area contributed by atoms with Gasteiger partial charge in [0.2, 0.25) is 0 Å². The summed E-state index contributed by atoms with van der Waals surface area (Å²) in [6.07, 6.45) is 3.97. The Morgan fingerprint density at radius 2 is 2.25 bits per heavy atom. The van der Waals surface area contributed by atoms with Crippen LogP contribution in [0.5, 0.6) is 0 Å². The fourth-order valence-corrected chi connectivity index (χ4v) is 2.33. The maximum absolute atomic E-state index is 8.72. The Bertz CT molecular complexity index is 623. The van der Waals surface area contributed by atoms with Crippen molar-refractivity contribution in [3.63, 3.8) is 0 Å². The average Bonchev–Trinajstić information content (AvgIpc) is 3.03. The first-order valence-electron chi connectivity index (χ1n) is 6.69. The molecule has 0 aromatic carbocycles. The lowest BCUT2D eigenvalue weighted by atomic mass is 10.1. The van der Waals surface area contributed by atoms with Gasteiger partial charge in [-0.2, -0.15) is 5.26 Å². The molecule has 5 nitrogen and oxygen atoms in total. The Morgan fingerprint density at radius 3 is 2.95 bits per heavy atom. The highest BCUT2D eigenvalue weighted by molar-refractivity contribution is 5.55. The van der Waals surface area contributed by atoms with Gasteiger partial charge in [-0.15, -0.1) is 0 Å². The van der Waals surface area contributed by atoms with Crippen molar-refractivity contribution in [1.82, 2.24) is 15.3 Å². The Hall–Kier alpha value is -2.45. The van der Waals surface area contributed by atoms with Gasteiger partial charge in [0.05, 0.1) is 17.6 Å². The maximum Gasteiger partial charge on any atom is 0.140 e. The van der Waals surface area contributed by atoms with Gasteiger partial charge in [-0.3, -0.25) is 0 Å². The third-order valence-electron chi connectivity index (χ3n) is 3.34. The number of hydrogen-bond donors (Lipinski definition) is 2. The van der Waals surface area contributed by atoms with Gasteiger partial charge in [0.1, 0.15) is 17.6 Å². The lowest BCUT2D eigenvalue weighted by Gasteiger charge is -2.12. The van der Waals surface area contributed by atoms with Crippen molar-refractivity contribution in [3.8, 4) is 6.07 Å².